The summed E-state index contributed by atoms with van der Waals surface area (Å²) in [6.45, 7) is 6.49. The van der Waals surface area contributed by atoms with E-state index in [0.717, 1.165) is 24.3 Å². The van der Waals surface area contributed by atoms with Gasteiger partial charge in [0.05, 0.1) is 12.8 Å². The number of ether oxygens (including phenoxy) is 1. The Morgan fingerprint density at radius 1 is 1.41 bits per heavy atom. The molecule has 0 aliphatic carbocycles. The van der Waals surface area contributed by atoms with Gasteiger partial charge < -0.3 is 9.29 Å². The van der Waals surface area contributed by atoms with Gasteiger partial charge in [-0.05, 0) is 50.1 Å². The van der Waals surface area contributed by atoms with Crippen LogP contribution in [-0.2, 0) is 17.8 Å². The minimum absolute atomic E-state index is 0.309. The summed E-state index contributed by atoms with van der Waals surface area (Å²) >= 11 is -1.20. The molecular formula is C13H17NO2S. The summed E-state index contributed by atoms with van der Waals surface area (Å²) < 4.78 is 21.0. The highest BCUT2D eigenvalue weighted by Crippen LogP contribution is 2.25. The fourth-order valence-electron chi connectivity index (χ4n) is 1.55. The van der Waals surface area contributed by atoms with Crippen LogP contribution in [0, 0.1) is 0 Å². The Labute approximate surface area is 105 Å². The van der Waals surface area contributed by atoms with Crippen molar-refractivity contribution in [2.45, 2.75) is 31.9 Å². The van der Waals surface area contributed by atoms with Crippen molar-refractivity contribution in [3.8, 4) is 5.75 Å². The van der Waals surface area contributed by atoms with E-state index >= 15 is 0 Å². The molecule has 1 heterocycles. The van der Waals surface area contributed by atoms with E-state index in [1.165, 1.54) is 5.56 Å². The number of fused-ring (bicyclic) bond motifs is 1. The topological polar surface area (TPSA) is 44.7 Å². The smallest absolute Gasteiger partial charge is 0.144 e. The lowest BCUT2D eigenvalue weighted by atomic mass is 10.1. The largest absolute Gasteiger partial charge is 0.591 e. The van der Waals surface area contributed by atoms with Crippen LogP contribution >= 0.6 is 0 Å². The molecule has 4 heteroatoms. The molecule has 1 unspecified atom stereocenters. The van der Waals surface area contributed by atoms with Gasteiger partial charge in [0, 0.05) is 6.42 Å². The van der Waals surface area contributed by atoms with Crippen LogP contribution in [0.3, 0.4) is 0 Å². The quantitative estimate of drug-likeness (QED) is 0.599. The maximum absolute atomic E-state index is 11.8. The minimum atomic E-state index is -1.20. The number of hydrogen-bond donors (Lipinski definition) is 0. The monoisotopic (exact) mass is 251 g/mol. The molecular weight excluding hydrogens is 234 g/mol. The Morgan fingerprint density at radius 2 is 2.18 bits per heavy atom. The molecule has 1 aliphatic rings. The van der Waals surface area contributed by atoms with Crippen molar-refractivity contribution >= 4 is 17.6 Å². The maximum Gasteiger partial charge on any atom is 0.144 e. The molecule has 92 valence electrons. The summed E-state index contributed by atoms with van der Waals surface area (Å²) in [6.07, 6.45) is 2.62. The second-order valence-electron chi connectivity index (χ2n) is 5.06. The third kappa shape index (κ3) is 3.01. The molecule has 0 amide bonds. The average Bonchev–Trinajstić information content (AvgIpc) is 2.71. The molecule has 1 atom stereocenters. The summed E-state index contributed by atoms with van der Waals surface area (Å²) in [5, 5.41) is 0. The highest BCUT2D eigenvalue weighted by atomic mass is 32.2. The number of hydrogen-bond acceptors (Lipinski definition) is 3. The third-order valence-electron chi connectivity index (χ3n) is 2.53. The molecule has 0 radical (unpaired) electrons. The summed E-state index contributed by atoms with van der Waals surface area (Å²) in [5.74, 6) is 0.957. The molecule has 1 aromatic rings. The van der Waals surface area contributed by atoms with Crippen molar-refractivity contribution in [1.29, 1.82) is 0 Å². The van der Waals surface area contributed by atoms with E-state index in [1.54, 1.807) is 6.21 Å². The number of nitrogens with zero attached hydrogens (tertiary/aromatic N) is 1. The van der Waals surface area contributed by atoms with Crippen LogP contribution in [-0.4, -0.2) is 22.1 Å². The van der Waals surface area contributed by atoms with Gasteiger partial charge in [-0.3, -0.25) is 0 Å². The van der Waals surface area contributed by atoms with Crippen LogP contribution in [0.5, 0.6) is 5.75 Å². The standard InChI is InChI=1S/C13H17NO2S/c1-13(2,3)17(15)14-9-10-4-5-12-11(8-10)6-7-16-12/h4-5,8-9H,6-7H2,1-3H3. The van der Waals surface area contributed by atoms with Gasteiger partial charge in [-0.25, -0.2) is 0 Å². The van der Waals surface area contributed by atoms with Crippen molar-refractivity contribution in [3.05, 3.63) is 29.3 Å². The highest BCUT2D eigenvalue weighted by Gasteiger charge is 2.25. The van der Waals surface area contributed by atoms with Gasteiger partial charge in [0.2, 0.25) is 0 Å². The van der Waals surface area contributed by atoms with Crippen LogP contribution in [0.2, 0.25) is 0 Å². The summed E-state index contributed by atoms with van der Waals surface area (Å²) in [7, 11) is 0. The SMILES string of the molecule is CC(C)(C)[S+]([O-])N=Cc1ccc2c(c1)CCO2. The molecule has 0 bridgehead atoms. The minimum Gasteiger partial charge on any atom is -0.591 e. The van der Waals surface area contributed by atoms with Gasteiger partial charge in [-0.15, -0.1) is 0 Å². The predicted molar refractivity (Wildman–Crippen MR) is 71.1 cm³/mol. The average molecular weight is 251 g/mol. The van der Waals surface area contributed by atoms with Crippen LogP contribution in [0.15, 0.2) is 22.6 Å². The Balaban J connectivity index is 2.12. The van der Waals surface area contributed by atoms with Gasteiger partial charge in [0.1, 0.15) is 21.9 Å². The van der Waals surface area contributed by atoms with Gasteiger partial charge in [0.25, 0.3) is 0 Å². The lowest BCUT2D eigenvalue weighted by Crippen LogP contribution is -2.25. The summed E-state index contributed by atoms with van der Waals surface area (Å²) in [5.41, 5.74) is 2.18. The molecule has 0 spiro atoms. The number of benzene rings is 1. The molecule has 1 aliphatic heterocycles. The zero-order valence-electron chi connectivity index (χ0n) is 10.4. The maximum atomic E-state index is 11.8. The van der Waals surface area contributed by atoms with Crippen molar-refractivity contribution in [1.82, 2.24) is 0 Å². The first-order valence-electron chi connectivity index (χ1n) is 5.68. The van der Waals surface area contributed by atoms with Gasteiger partial charge in [-0.2, -0.15) is 0 Å². The number of rotatable bonds is 2. The van der Waals surface area contributed by atoms with E-state index in [4.69, 9.17) is 4.74 Å². The molecule has 2 rings (SSSR count). The van der Waals surface area contributed by atoms with Crippen LogP contribution in [0.4, 0.5) is 0 Å². The molecule has 0 aromatic heterocycles. The Hall–Kier alpha value is -1.00. The Morgan fingerprint density at radius 3 is 2.88 bits per heavy atom. The van der Waals surface area contributed by atoms with Gasteiger partial charge >= 0.3 is 0 Å². The van der Waals surface area contributed by atoms with Crippen molar-refractivity contribution < 1.29 is 9.29 Å². The van der Waals surface area contributed by atoms with Crippen LogP contribution in [0.1, 0.15) is 31.9 Å². The Bertz CT molecular complexity index is 438. The molecule has 0 saturated carbocycles. The fraction of sp³-hybridized carbons (Fsp3) is 0.462. The van der Waals surface area contributed by atoms with Gasteiger partial charge in [0.15, 0.2) is 0 Å². The first-order valence-corrected chi connectivity index (χ1v) is 6.79. The first-order chi connectivity index (χ1) is 7.97. The highest BCUT2D eigenvalue weighted by molar-refractivity contribution is 7.91. The Kier molecular flexibility index (Phi) is 3.45. The molecule has 0 N–H and O–H groups in total. The van der Waals surface area contributed by atoms with E-state index in [1.807, 2.05) is 39.0 Å². The fourth-order valence-corrected chi connectivity index (χ4v) is 2.09. The van der Waals surface area contributed by atoms with E-state index in [2.05, 4.69) is 4.40 Å². The molecule has 1 aromatic carbocycles. The second kappa shape index (κ2) is 4.70. The molecule has 3 nitrogen and oxygen atoms in total. The summed E-state index contributed by atoms with van der Waals surface area (Å²) in [4.78, 5) is 0. The lowest BCUT2D eigenvalue weighted by Gasteiger charge is -2.17. The summed E-state index contributed by atoms with van der Waals surface area (Å²) in [6, 6.07) is 5.93. The van der Waals surface area contributed by atoms with Crippen molar-refractivity contribution in [2.24, 2.45) is 4.40 Å². The zero-order valence-corrected chi connectivity index (χ0v) is 11.2. The van der Waals surface area contributed by atoms with Crippen molar-refractivity contribution in [2.75, 3.05) is 6.61 Å². The zero-order chi connectivity index (χ0) is 12.5. The van der Waals surface area contributed by atoms with Crippen LogP contribution < -0.4 is 4.74 Å². The third-order valence-corrected chi connectivity index (χ3v) is 3.88. The van der Waals surface area contributed by atoms with E-state index in [-0.39, 0.29) is 4.75 Å². The predicted octanol–water partition coefficient (Wildman–Crippen LogP) is 2.50. The van der Waals surface area contributed by atoms with E-state index in [0.29, 0.717) is 0 Å². The second-order valence-corrected chi connectivity index (χ2v) is 7.00. The normalized spacial score (nSPS) is 16.9. The van der Waals surface area contributed by atoms with Crippen LogP contribution in [0.25, 0.3) is 0 Å². The molecule has 0 saturated heterocycles. The molecule has 0 fully saturated rings. The first kappa shape index (κ1) is 12.5. The van der Waals surface area contributed by atoms with E-state index in [9.17, 15) is 4.55 Å². The van der Waals surface area contributed by atoms with Gasteiger partial charge in [-0.1, -0.05) is 4.40 Å². The lowest BCUT2D eigenvalue weighted by molar-refractivity contribution is 0.357. The van der Waals surface area contributed by atoms with Crippen molar-refractivity contribution in [3.63, 3.8) is 0 Å². The van der Waals surface area contributed by atoms with E-state index < -0.39 is 11.4 Å². The molecule has 17 heavy (non-hydrogen) atoms.